The summed E-state index contributed by atoms with van der Waals surface area (Å²) in [6.45, 7) is 0.108. The van der Waals surface area contributed by atoms with Crippen molar-refractivity contribution >= 4 is 33.4 Å². The first-order valence-corrected chi connectivity index (χ1v) is 10.8. The maximum atomic E-state index is 13.4. The molecule has 1 aliphatic heterocycles. The van der Waals surface area contributed by atoms with Crippen LogP contribution in [0.2, 0.25) is 0 Å². The number of benzene rings is 3. The van der Waals surface area contributed by atoms with Crippen LogP contribution in [-0.2, 0) is 16.1 Å². The van der Waals surface area contributed by atoms with Crippen LogP contribution in [0.1, 0.15) is 22.7 Å². The number of aromatic hydroxyl groups is 1. The summed E-state index contributed by atoms with van der Waals surface area (Å²) in [5.41, 5.74) is 1.29. The highest BCUT2D eigenvalue weighted by atomic mass is 79.9. The van der Waals surface area contributed by atoms with Crippen molar-refractivity contribution in [3.8, 4) is 11.5 Å². The third-order valence-corrected chi connectivity index (χ3v) is 6.04. The number of phenols is 1. The number of hydrogen-bond acceptors (Lipinski definition) is 5. The molecule has 0 aromatic heterocycles. The smallest absolute Gasteiger partial charge is 0.295 e. The molecule has 168 valence electrons. The summed E-state index contributed by atoms with van der Waals surface area (Å²) in [7, 11) is 1.38. The lowest BCUT2D eigenvalue weighted by Gasteiger charge is -2.26. The van der Waals surface area contributed by atoms with Crippen molar-refractivity contribution in [3.63, 3.8) is 0 Å². The summed E-state index contributed by atoms with van der Waals surface area (Å²) < 4.78 is 18.9. The van der Waals surface area contributed by atoms with Gasteiger partial charge in [0.2, 0.25) is 0 Å². The van der Waals surface area contributed by atoms with Gasteiger partial charge in [-0.1, -0.05) is 30.3 Å². The van der Waals surface area contributed by atoms with E-state index in [0.29, 0.717) is 10.0 Å². The second kappa shape index (κ2) is 9.07. The molecule has 0 bridgehead atoms. The minimum absolute atomic E-state index is 0.108. The van der Waals surface area contributed by atoms with E-state index in [1.54, 1.807) is 6.07 Å². The largest absolute Gasteiger partial charge is 0.507 e. The van der Waals surface area contributed by atoms with E-state index >= 15 is 0 Å². The Hall–Kier alpha value is -3.65. The van der Waals surface area contributed by atoms with E-state index in [9.17, 15) is 24.2 Å². The van der Waals surface area contributed by atoms with E-state index in [4.69, 9.17) is 4.74 Å². The lowest BCUT2D eigenvalue weighted by Crippen LogP contribution is -2.29. The number of carbonyl (C=O) groups is 2. The molecule has 1 amide bonds. The van der Waals surface area contributed by atoms with Gasteiger partial charge in [0.05, 0.1) is 23.2 Å². The van der Waals surface area contributed by atoms with Gasteiger partial charge in [0, 0.05) is 12.1 Å². The second-order valence-electron chi connectivity index (χ2n) is 7.47. The number of carbonyl (C=O) groups excluding carboxylic acids is 2. The lowest BCUT2D eigenvalue weighted by atomic mass is 9.94. The van der Waals surface area contributed by atoms with Crippen molar-refractivity contribution in [3.05, 3.63) is 99.3 Å². The maximum absolute atomic E-state index is 13.4. The summed E-state index contributed by atoms with van der Waals surface area (Å²) in [5.74, 6) is -2.57. The number of aliphatic hydroxyl groups is 1. The Kier molecular flexibility index (Phi) is 6.20. The van der Waals surface area contributed by atoms with Crippen molar-refractivity contribution < 1.29 is 28.9 Å². The molecule has 0 aliphatic carbocycles. The predicted molar refractivity (Wildman–Crippen MR) is 123 cm³/mol. The van der Waals surface area contributed by atoms with Crippen molar-refractivity contribution in [2.45, 2.75) is 12.6 Å². The van der Waals surface area contributed by atoms with Gasteiger partial charge >= 0.3 is 0 Å². The highest BCUT2D eigenvalue weighted by molar-refractivity contribution is 9.10. The van der Waals surface area contributed by atoms with Crippen LogP contribution in [0.25, 0.3) is 5.76 Å². The van der Waals surface area contributed by atoms with Crippen LogP contribution in [0.4, 0.5) is 4.39 Å². The van der Waals surface area contributed by atoms with Crippen LogP contribution in [-0.4, -0.2) is 33.9 Å². The Morgan fingerprint density at radius 3 is 2.39 bits per heavy atom. The van der Waals surface area contributed by atoms with Gasteiger partial charge in [-0.2, -0.15) is 0 Å². The number of ketones is 1. The van der Waals surface area contributed by atoms with E-state index < -0.39 is 29.3 Å². The number of aliphatic hydroxyl groups excluding tert-OH is 1. The molecule has 1 unspecified atom stereocenters. The molecular formula is C25H19BrFNO5. The molecule has 1 atom stereocenters. The molecule has 8 heteroatoms. The van der Waals surface area contributed by atoms with Crippen molar-refractivity contribution in [1.29, 1.82) is 0 Å². The van der Waals surface area contributed by atoms with Crippen LogP contribution in [0.3, 0.4) is 0 Å². The molecule has 0 radical (unpaired) electrons. The van der Waals surface area contributed by atoms with Crippen LogP contribution in [0.15, 0.2) is 76.8 Å². The zero-order valence-electron chi connectivity index (χ0n) is 17.5. The maximum Gasteiger partial charge on any atom is 0.295 e. The molecule has 3 aromatic carbocycles. The molecule has 1 saturated heterocycles. The topological polar surface area (TPSA) is 87.1 Å². The third-order valence-electron chi connectivity index (χ3n) is 5.44. The third kappa shape index (κ3) is 4.21. The SMILES string of the molecule is COc1cc(C2C(=C(O)c3ccc(F)cc3)C(=O)C(=O)N2Cc2ccccc2)cc(Br)c1O. The Balaban J connectivity index is 1.92. The van der Waals surface area contributed by atoms with Gasteiger partial charge in [-0.05, 0) is 63.5 Å². The fraction of sp³-hybridized carbons (Fsp3) is 0.120. The van der Waals surface area contributed by atoms with Gasteiger partial charge in [-0.15, -0.1) is 0 Å². The Bertz CT molecular complexity index is 1260. The number of rotatable bonds is 5. The minimum atomic E-state index is -0.971. The van der Waals surface area contributed by atoms with E-state index in [0.717, 1.165) is 17.7 Å². The summed E-state index contributed by atoms with van der Waals surface area (Å²) >= 11 is 3.27. The van der Waals surface area contributed by atoms with Crippen LogP contribution >= 0.6 is 15.9 Å². The van der Waals surface area contributed by atoms with Gasteiger partial charge in [-0.3, -0.25) is 9.59 Å². The van der Waals surface area contributed by atoms with Gasteiger partial charge in [0.15, 0.2) is 11.5 Å². The Labute approximate surface area is 197 Å². The fourth-order valence-corrected chi connectivity index (χ4v) is 4.30. The normalized spacial score (nSPS) is 17.4. The first kappa shape index (κ1) is 22.5. The molecule has 2 N–H and O–H groups in total. The molecule has 33 heavy (non-hydrogen) atoms. The molecule has 3 aromatic rings. The number of nitrogens with zero attached hydrogens (tertiary/aromatic N) is 1. The number of likely N-dealkylation sites (tertiary alicyclic amines) is 1. The predicted octanol–water partition coefficient (Wildman–Crippen LogP) is 4.92. The number of ether oxygens (including phenoxy) is 1. The van der Waals surface area contributed by atoms with Crippen molar-refractivity contribution in [2.24, 2.45) is 0 Å². The van der Waals surface area contributed by atoms with Gasteiger partial charge in [0.25, 0.3) is 11.7 Å². The highest BCUT2D eigenvalue weighted by Crippen LogP contribution is 2.44. The number of Topliss-reactive ketones (excluding diaryl/α,β-unsaturated/α-hetero) is 1. The average molecular weight is 512 g/mol. The fourth-order valence-electron chi connectivity index (χ4n) is 3.84. The lowest BCUT2D eigenvalue weighted by molar-refractivity contribution is -0.140. The summed E-state index contributed by atoms with van der Waals surface area (Å²) in [4.78, 5) is 27.5. The minimum Gasteiger partial charge on any atom is -0.507 e. The van der Waals surface area contributed by atoms with Crippen LogP contribution in [0, 0.1) is 5.82 Å². The quantitative estimate of drug-likeness (QED) is 0.288. The number of hydrogen-bond donors (Lipinski definition) is 2. The molecule has 1 aliphatic rings. The van der Waals surface area contributed by atoms with E-state index in [1.165, 1.54) is 30.2 Å². The van der Waals surface area contributed by atoms with E-state index in [2.05, 4.69) is 15.9 Å². The molecule has 1 fully saturated rings. The summed E-state index contributed by atoms with van der Waals surface area (Å²) in [6.07, 6.45) is 0. The zero-order valence-corrected chi connectivity index (χ0v) is 19.0. The molecule has 0 saturated carbocycles. The number of halogens is 2. The van der Waals surface area contributed by atoms with Gasteiger partial charge in [-0.25, -0.2) is 4.39 Å². The van der Waals surface area contributed by atoms with Crippen molar-refractivity contribution in [1.82, 2.24) is 4.90 Å². The molecule has 4 rings (SSSR count). The average Bonchev–Trinajstić information content (AvgIpc) is 3.06. The first-order chi connectivity index (χ1) is 15.8. The number of methoxy groups -OCH3 is 1. The molecule has 6 nitrogen and oxygen atoms in total. The standard InChI is InChI=1S/C25H19BrFNO5/c1-33-19-12-16(11-18(26)23(19)30)21-20(22(29)15-7-9-17(27)10-8-15)24(31)25(32)28(21)13-14-5-3-2-4-6-14/h2-12,21,29-30H,13H2,1H3. The van der Waals surface area contributed by atoms with Crippen molar-refractivity contribution in [2.75, 3.05) is 7.11 Å². The monoisotopic (exact) mass is 511 g/mol. The molecule has 1 heterocycles. The second-order valence-corrected chi connectivity index (χ2v) is 8.33. The summed E-state index contributed by atoms with van der Waals surface area (Å²) in [6, 6.07) is 16.2. The Morgan fingerprint density at radius 1 is 1.09 bits per heavy atom. The molecular weight excluding hydrogens is 493 g/mol. The molecule has 0 spiro atoms. The van der Waals surface area contributed by atoms with Crippen LogP contribution in [0.5, 0.6) is 11.5 Å². The number of phenolic OH excluding ortho intramolecular Hbond substituents is 1. The first-order valence-electron chi connectivity index (χ1n) is 9.96. The van der Waals surface area contributed by atoms with Crippen LogP contribution < -0.4 is 4.74 Å². The van der Waals surface area contributed by atoms with E-state index in [-0.39, 0.29) is 29.2 Å². The van der Waals surface area contributed by atoms with Gasteiger partial charge < -0.3 is 19.8 Å². The number of amides is 1. The summed E-state index contributed by atoms with van der Waals surface area (Å²) in [5, 5.41) is 21.3. The highest BCUT2D eigenvalue weighted by Gasteiger charge is 2.46. The van der Waals surface area contributed by atoms with E-state index in [1.807, 2.05) is 30.3 Å². The zero-order chi connectivity index (χ0) is 23.7. The van der Waals surface area contributed by atoms with Gasteiger partial charge in [0.1, 0.15) is 11.6 Å². The Morgan fingerprint density at radius 2 is 1.76 bits per heavy atom.